The van der Waals surface area contributed by atoms with Crippen LogP contribution < -0.4 is 5.73 Å². The summed E-state index contributed by atoms with van der Waals surface area (Å²) in [6.07, 6.45) is 1.82. The average molecular weight is 289 g/mol. The molecule has 2 heterocycles. The third kappa shape index (κ3) is 2.06. The first kappa shape index (κ1) is 10.3. The second kappa shape index (κ2) is 4.53. The summed E-state index contributed by atoms with van der Waals surface area (Å²) in [6, 6.07) is 4.16. The van der Waals surface area contributed by atoms with E-state index in [-0.39, 0.29) is 5.92 Å². The molecule has 14 heavy (non-hydrogen) atoms. The van der Waals surface area contributed by atoms with E-state index in [9.17, 15) is 0 Å². The van der Waals surface area contributed by atoms with Crippen molar-refractivity contribution in [2.75, 3.05) is 6.54 Å². The van der Waals surface area contributed by atoms with E-state index in [0.717, 1.165) is 8.79 Å². The number of hydrogen-bond donors (Lipinski definition) is 1. The van der Waals surface area contributed by atoms with Crippen LogP contribution >= 0.6 is 38.6 Å². The minimum atomic E-state index is 0.256. The molecule has 2 N–H and O–H groups in total. The lowest BCUT2D eigenvalue weighted by molar-refractivity contribution is 0.825. The molecule has 0 amide bonds. The minimum absolute atomic E-state index is 0.256. The van der Waals surface area contributed by atoms with Crippen LogP contribution in [0.1, 0.15) is 15.8 Å². The number of thiazole rings is 1. The molecule has 74 valence electrons. The van der Waals surface area contributed by atoms with Gasteiger partial charge in [0.15, 0.2) is 0 Å². The molecule has 0 aromatic carbocycles. The van der Waals surface area contributed by atoms with Crippen LogP contribution in [0.4, 0.5) is 0 Å². The maximum absolute atomic E-state index is 5.76. The Morgan fingerprint density at radius 2 is 2.36 bits per heavy atom. The van der Waals surface area contributed by atoms with Crippen LogP contribution in [-0.2, 0) is 0 Å². The van der Waals surface area contributed by atoms with Crippen molar-refractivity contribution in [3.63, 3.8) is 0 Å². The van der Waals surface area contributed by atoms with Gasteiger partial charge in [0.2, 0.25) is 0 Å². The van der Waals surface area contributed by atoms with Crippen molar-refractivity contribution in [3.05, 3.63) is 37.4 Å². The smallest absolute Gasteiger partial charge is 0.102 e. The number of nitrogens with two attached hydrogens (primary N) is 1. The van der Waals surface area contributed by atoms with Gasteiger partial charge in [-0.05, 0) is 28.1 Å². The van der Waals surface area contributed by atoms with Crippen LogP contribution in [0.3, 0.4) is 0 Å². The summed E-state index contributed by atoms with van der Waals surface area (Å²) in [5.74, 6) is 0.256. The Hall–Kier alpha value is -0.230. The lowest BCUT2D eigenvalue weighted by Crippen LogP contribution is -2.12. The molecule has 0 spiro atoms. The Bertz CT molecular complexity index is 397. The van der Waals surface area contributed by atoms with E-state index in [4.69, 9.17) is 5.73 Å². The number of rotatable bonds is 3. The molecular weight excluding hydrogens is 280 g/mol. The Balaban J connectivity index is 2.31. The van der Waals surface area contributed by atoms with Gasteiger partial charge in [-0.2, -0.15) is 0 Å². The number of thiophene rings is 1. The fraction of sp³-hybridized carbons (Fsp3) is 0.222. The summed E-state index contributed by atoms with van der Waals surface area (Å²) in [5.41, 5.74) is 5.76. The van der Waals surface area contributed by atoms with E-state index in [1.54, 1.807) is 22.7 Å². The molecule has 0 aliphatic carbocycles. The highest BCUT2D eigenvalue weighted by atomic mass is 79.9. The second-order valence-corrected chi connectivity index (χ2v) is 6.22. The van der Waals surface area contributed by atoms with E-state index in [1.807, 2.05) is 11.6 Å². The van der Waals surface area contributed by atoms with Crippen LogP contribution in [0, 0.1) is 0 Å². The molecule has 2 rings (SSSR count). The van der Waals surface area contributed by atoms with Gasteiger partial charge >= 0.3 is 0 Å². The van der Waals surface area contributed by atoms with Gasteiger partial charge in [-0.1, -0.05) is 0 Å². The largest absolute Gasteiger partial charge is 0.329 e. The fourth-order valence-electron chi connectivity index (χ4n) is 1.26. The molecule has 0 aliphatic heterocycles. The zero-order chi connectivity index (χ0) is 9.97. The zero-order valence-corrected chi connectivity index (χ0v) is 10.5. The first-order valence-corrected chi connectivity index (χ1v) is 6.65. The third-order valence-electron chi connectivity index (χ3n) is 1.92. The summed E-state index contributed by atoms with van der Waals surface area (Å²) in [4.78, 5) is 5.58. The van der Waals surface area contributed by atoms with Crippen molar-refractivity contribution >= 4 is 38.6 Å². The lowest BCUT2D eigenvalue weighted by Gasteiger charge is -2.08. The van der Waals surface area contributed by atoms with E-state index >= 15 is 0 Å². The SMILES string of the molecule is NCC(c1ccc(Br)s1)c1nccs1. The average Bonchev–Trinajstić information content (AvgIpc) is 2.79. The van der Waals surface area contributed by atoms with Crippen LogP contribution in [-0.4, -0.2) is 11.5 Å². The van der Waals surface area contributed by atoms with E-state index in [0.29, 0.717) is 6.54 Å². The molecule has 0 saturated heterocycles. The first-order chi connectivity index (χ1) is 6.81. The Morgan fingerprint density at radius 3 is 2.86 bits per heavy atom. The van der Waals surface area contributed by atoms with Crippen molar-refractivity contribution in [1.29, 1.82) is 0 Å². The molecule has 0 bridgehead atoms. The van der Waals surface area contributed by atoms with Crippen LogP contribution in [0.2, 0.25) is 0 Å². The quantitative estimate of drug-likeness (QED) is 0.943. The van der Waals surface area contributed by atoms with Gasteiger partial charge in [0, 0.05) is 23.0 Å². The monoisotopic (exact) mass is 288 g/mol. The van der Waals surface area contributed by atoms with E-state index in [2.05, 4.69) is 33.0 Å². The molecule has 0 aliphatic rings. The van der Waals surface area contributed by atoms with Gasteiger partial charge in [0.1, 0.15) is 5.01 Å². The first-order valence-electron chi connectivity index (χ1n) is 4.16. The Labute approximate surface area is 98.9 Å². The maximum atomic E-state index is 5.76. The molecule has 2 aromatic rings. The maximum Gasteiger partial charge on any atom is 0.102 e. The normalized spacial score (nSPS) is 13.0. The highest BCUT2D eigenvalue weighted by Gasteiger charge is 2.16. The minimum Gasteiger partial charge on any atom is -0.329 e. The van der Waals surface area contributed by atoms with Gasteiger partial charge in [0.25, 0.3) is 0 Å². The van der Waals surface area contributed by atoms with Crippen LogP contribution in [0.25, 0.3) is 0 Å². The van der Waals surface area contributed by atoms with Crippen LogP contribution in [0.5, 0.6) is 0 Å². The Morgan fingerprint density at radius 1 is 1.50 bits per heavy atom. The van der Waals surface area contributed by atoms with Gasteiger partial charge in [-0.15, -0.1) is 22.7 Å². The predicted molar refractivity (Wildman–Crippen MR) is 65.0 cm³/mol. The summed E-state index contributed by atoms with van der Waals surface area (Å²) in [5, 5.41) is 3.09. The van der Waals surface area contributed by atoms with Gasteiger partial charge < -0.3 is 5.73 Å². The topological polar surface area (TPSA) is 38.9 Å². The second-order valence-electron chi connectivity index (χ2n) is 2.80. The highest BCUT2D eigenvalue weighted by Crippen LogP contribution is 2.32. The highest BCUT2D eigenvalue weighted by molar-refractivity contribution is 9.11. The van der Waals surface area contributed by atoms with E-state index < -0.39 is 0 Å². The van der Waals surface area contributed by atoms with Crippen LogP contribution in [0.15, 0.2) is 27.5 Å². The molecular formula is C9H9BrN2S2. The molecule has 0 fully saturated rings. The fourth-order valence-corrected chi connectivity index (χ4v) is 3.65. The molecule has 1 atom stereocenters. The van der Waals surface area contributed by atoms with Crippen molar-refractivity contribution in [2.24, 2.45) is 5.73 Å². The third-order valence-corrected chi connectivity index (χ3v) is 4.55. The standard InChI is InChI=1S/C9H9BrN2S2/c10-8-2-1-7(14-8)6(5-11)9-12-3-4-13-9/h1-4,6H,5,11H2. The van der Waals surface area contributed by atoms with Crippen molar-refractivity contribution in [1.82, 2.24) is 4.98 Å². The summed E-state index contributed by atoms with van der Waals surface area (Å²) in [6.45, 7) is 0.612. The van der Waals surface area contributed by atoms with Gasteiger partial charge in [-0.3, -0.25) is 0 Å². The van der Waals surface area contributed by atoms with E-state index in [1.165, 1.54) is 4.88 Å². The lowest BCUT2D eigenvalue weighted by atomic mass is 10.1. The molecule has 1 unspecified atom stereocenters. The predicted octanol–water partition coefficient (Wildman–Crippen LogP) is 3.06. The van der Waals surface area contributed by atoms with Crippen molar-refractivity contribution < 1.29 is 0 Å². The number of aromatic nitrogens is 1. The van der Waals surface area contributed by atoms with Gasteiger partial charge in [0.05, 0.1) is 9.70 Å². The number of nitrogens with zero attached hydrogens (tertiary/aromatic N) is 1. The molecule has 0 radical (unpaired) electrons. The molecule has 5 heteroatoms. The van der Waals surface area contributed by atoms with Crippen molar-refractivity contribution in [2.45, 2.75) is 5.92 Å². The number of hydrogen-bond acceptors (Lipinski definition) is 4. The molecule has 0 saturated carbocycles. The summed E-state index contributed by atoms with van der Waals surface area (Å²) >= 11 is 6.84. The summed E-state index contributed by atoms with van der Waals surface area (Å²) in [7, 11) is 0. The van der Waals surface area contributed by atoms with Crippen molar-refractivity contribution in [3.8, 4) is 0 Å². The molecule has 2 nitrogen and oxygen atoms in total. The van der Waals surface area contributed by atoms with Gasteiger partial charge in [-0.25, -0.2) is 4.98 Å². The Kier molecular flexibility index (Phi) is 3.33. The molecule has 2 aromatic heterocycles. The summed E-state index contributed by atoms with van der Waals surface area (Å²) < 4.78 is 1.14. The zero-order valence-electron chi connectivity index (χ0n) is 7.31. The number of halogens is 1.